The summed E-state index contributed by atoms with van der Waals surface area (Å²) in [6.07, 6.45) is 0.882. The van der Waals surface area contributed by atoms with Gasteiger partial charge in [0, 0.05) is 18.4 Å². The molecule has 1 heterocycles. The van der Waals surface area contributed by atoms with Crippen LogP contribution in [0.1, 0.15) is 41.4 Å². The van der Waals surface area contributed by atoms with Gasteiger partial charge in [0.1, 0.15) is 24.0 Å². The van der Waals surface area contributed by atoms with Gasteiger partial charge in [-0.05, 0) is 34.7 Å². The zero-order chi connectivity index (χ0) is 25.1. The van der Waals surface area contributed by atoms with Gasteiger partial charge in [0.05, 0.1) is 13.0 Å². The number of allylic oxidation sites excluding steroid dienone is 3. The molecule has 0 bridgehead atoms. The lowest BCUT2D eigenvalue weighted by atomic mass is 9.73. The SMILES string of the molecule is COc1cc([C@H]2C(C#N)=C(N)OC3=C2C(=O)C[C@H](c2ccccc2)C3)ccc1OCc1ccccc1. The number of rotatable bonds is 6. The zero-order valence-electron chi connectivity index (χ0n) is 19.9. The molecule has 5 rings (SSSR count). The Bertz CT molecular complexity index is 1390. The Labute approximate surface area is 210 Å². The summed E-state index contributed by atoms with van der Waals surface area (Å²) in [5.41, 5.74) is 9.75. The Kier molecular flexibility index (Phi) is 6.46. The van der Waals surface area contributed by atoms with Crippen molar-refractivity contribution in [2.75, 3.05) is 7.11 Å². The van der Waals surface area contributed by atoms with E-state index in [2.05, 4.69) is 6.07 Å². The van der Waals surface area contributed by atoms with Crippen LogP contribution in [0.4, 0.5) is 0 Å². The molecule has 6 heteroatoms. The topological polar surface area (TPSA) is 94.6 Å². The van der Waals surface area contributed by atoms with E-state index in [-0.39, 0.29) is 23.2 Å². The molecule has 36 heavy (non-hydrogen) atoms. The zero-order valence-corrected chi connectivity index (χ0v) is 19.9. The first-order valence-corrected chi connectivity index (χ1v) is 11.8. The van der Waals surface area contributed by atoms with Crippen LogP contribution in [-0.2, 0) is 16.1 Å². The lowest BCUT2D eigenvalue weighted by Gasteiger charge is -2.34. The van der Waals surface area contributed by atoms with E-state index in [1.807, 2.05) is 72.8 Å². The van der Waals surface area contributed by atoms with Crippen LogP contribution in [0.15, 0.2) is 102 Å². The predicted octanol–water partition coefficient (Wildman–Crippen LogP) is 5.48. The third kappa shape index (κ3) is 4.44. The maximum atomic E-state index is 13.5. The molecular weight excluding hydrogens is 452 g/mol. The lowest BCUT2D eigenvalue weighted by molar-refractivity contribution is -0.117. The third-order valence-electron chi connectivity index (χ3n) is 6.69. The van der Waals surface area contributed by atoms with Gasteiger partial charge in [-0.1, -0.05) is 66.7 Å². The highest BCUT2D eigenvalue weighted by molar-refractivity contribution is 6.00. The molecule has 2 N–H and O–H groups in total. The average molecular weight is 479 g/mol. The highest BCUT2D eigenvalue weighted by Crippen LogP contribution is 2.47. The Morgan fingerprint density at radius 3 is 2.39 bits per heavy atom. The number of benzene rings is 3. The van der Waals surface area contributed by atoms with E-state index in [9.17, 15) is 10.1 Å². The Morgan fingerprint density at radius 2 is 1.69 bits per heavy atom. The largest absolute Gasteiger partial charge is 0.493 e. The molecule has 3 aromatic rings. The van der Waals surface area contributed by atoms with Crippen molar-refractivity contribution in [1.29, 1.82) is 5.26 Å². The standard InChI is InChI=1S/C30H26N2O4/c1-34-26-15-21(12-13-25(26)35-18-19-8-4-2-5-9-19)28-23(17-31)30(32)36-27-16-22(14-24(33)29(27)28)20-10-6-3-7-11-20/h2-13,15,22,28H,14,16,18,32H2,1H3/t22-,28-/m0/s1. The van der Waals surface area contributed by atoms with E-state index in [0.717, 1.165) is 16.7 Å². The number of hydrogen-bond acceptors (Lipinski definition) is 6. The molecule has 180 valence electrons. The van der Waals surface area contributed by atoms with Crippen LogP contribution in [0.25, 0.3) is 0 Å². The van der Waals surface area contributed by atoms with Gasteiger partial charge in [0.25, 0.3) is 0 Å². The van der Waals surface area contributed by atoms with Crippen LogP contribution < -0.4 is 15.2 Å². The van der Waals surface area contributed by atoms with Crippen molar-refractivity contribution in [2.45, 2.75) is 31.3 Å². The summed E-state index contributed by atoms with van der Waals surface area (Å²) in [5.74, 6) is 0.979. The third-order valence-corrected chi connectivity index (χ3v) is 6.69. The number of Topliss-reactive ketones (excluding diaryl/α,β-unsaturated/α-hetero) is 1. The fourth-order valence-electron chi connectivity index (χ4n) is 4.92. The molecule has 1 aliphatic carbocycles. The summed E-state index contributed by atoms with van der Waals surface area (Å²) in [6, 6.07) is 27.4. The maximum absolute atomic E-state index is 13.5. The molecule has 0 spiro atoms. The number of ether oxygens (including phenoxy) is 3. The molecule has 0 radical (unpaired) electrons. The van der Waals surface area contributed by atoms with Crippen molar-refractivity contribution in [1.82, 2.24) is 0 Å². The minimum absolute atomic E-state index is 0.00201. The smallest absolute Gasteiger partial charge is 0.205 e. The van der Waals surface area contributed by atoms with Crippen molar-refractivity contribution in [2.24, 2.45) is 5.73 Å². The summed E-state index contributed by atoms with van der Waals surface area (Å²) in [5, 5.41) is 9.93. The van der Waals surface area contributed by atoms with Crippen LogP contribution in [0.2, 0.25) is 0 Å². The number of carbonyl (C=O) groups is 1. The molecule has 0 unspecified atom stereocenters. The molecule has 0 saturated heterocycles. The summed E-state index contributed by atoms with van der Waals surface area (Å²) >= 11 is 0. The van der Waals surface area contributed by atoms with Crippen molar-refractivity contribution >= 4 is 5.78 Å². The molecular formula is C30H26N2O4. The normalized spacial score (nSPS) is 19.3. The Balaban J connectivity index is 1.49. The molecule has 3 aromatic carbocycles. The molecule has 1 aliphatic heterocycles. The molecule has 0 saturated carbocycles. The van der Waals surface area contributed by atoms with Gasteiger partial charge in [-0.2, -0.15) is 5.26 Å². The second kappa shape index (κ2) is 10.0. The van der Waals surface area contributed by atoms with Crippen LogP contribution >= 0.6 is 0 Å². The Hall–Kier alpha value is -4.50. The molecule has 0 amide bonds. The first kappa shape index (κ1) is 23.3. The molecule has 0 aromatic heterocycles. The van der Waals surface area contributed by atoms with Gasteiger partial charge in [0.2, 0.25) is 5.88 Å². The number of nitriles is 1. The van der Waals surface area contributed by atoms with Gasteiger partial charge >= 0.3 is 0 Å². The first-order valence-electron chi connectivity index (χ1n) is 11.8. The van der Waals surface area contributed by atoms with Crippen molar-refractivity contribution in [3.05, 3.63) is 118 Å². The van der Waals surface area contributed by atoms with Gasteiger partial charge in [-0.3, -0.25) is 4.79 Å². The number of carbonyl (C=O) groups excluding carboxylic acids is 1. The van der Waals surface area contributed by atoms with Crippen LogP contribution in [0, 0.1) is 11.3 Å². The Morgan fingerprint density at radius 1 is 0.972 bits per heavy atom. The molecule has 2 aliphatic rings. The highest BCUT2D eigenvalue weighted by Gasteiger charge is 2.41. The molecule has 0 fully saturated rings. The van der Waals surface area contributed by atoms with Crippen molar-refractivity contribution in [3.8, 4) is 17.6 Å². The van der Waals surface area contributed by atoms with E-state index in [0.29, 0.717) is 42.3 Å². The monoisotopic (exact) mass is 478 g/mol. The van der Waals surface area contributed by atoms with E-state index in [1.165, 1.54) is 0 Å². The predicted molar refractivity (Wildman–Crippen MR) is 135 cm³/mol. The van der Waals surface area contributed by atoms with Gasteiger partial charge in [0.15, 0.2) is 17.3 Å². The molecule has 2 atom stereocenters. The molecule has 6 nitrogen and oxygen atoms in total. The number of methoxy groups -OCH3 is 1. The summed E-state index contributed by atoms with van der Waals surface area (Å²) in [4.78, 5) is 13.5. The highest BCUT2D eigenvalue weighted by atomic mass is 16.5. The summed E-state index contributed by atoms with van der Waals surface area (Å²) in [6.45, 7) is 0.388. The van der Waals surface area contributed by atoms with Crippen LogP contribution in [0.3, 0.4) is 0 Å². The van der Waals surface area contributed by atoms with E-state index in [1.54, 1.807) is 13.2 Å². The fraction of sp³-hybridized carbons (Fsp3) is 0.200. The van der Waals surface area contributed by atoms with E-state index < -0.39 is 5.92 Å². The number of nitrogens with zero attached hydrogens (tertiary/aromatic N) is 1. The number of nitrogens with two attached hydrogens (primary N) is 1. The second-order valence-electron chi connectivity index (χ2n) is 8.89. The average Bonchev–Trinajstić information content (AvgIpc) is 2.92. The van der Waals surface area contributed by atoms with Gasteiger partial charge in [-0.25, -0.2) is 0 Å². The van der Waals surface area contributed by atoms with Gasteiger partial charge < -0.3 is 19.9 Å². The second-order valence-corrected chi connectivity index (χ2v) is 8.89. The first-order chi connectivity index (χ1) is 17.6. The lowest BCUT2D eigenvalue weighted by Crippen LogP contribution is -2.29. The fourth-order valence-corrected chi connectivity index (χ4v) is 4.92. The number of hydrogen-bond donors (Lipinski definition) is 1. The van der Waals surface area contributed by atoms with Crippen LogP contribution in [0.5, 0.6) is 11.5 Å². The van der Waals surface area contributed by atoms with E-state index in [4.69, 9.17) is 19.9 Å². The van der Waals surface area contributed by atoms with Gasteiger partial charge in [-0.15, -0.1) is 0 Å². The maximum Gasteiger partial charge on any atom is 0.205 e. The quantitative estimate of drug-likeness (QED) is 0.504. The number of ketones is 1. The van der Waals surface area contributed by atoms with E-state index >= 15 is 0 Å². The summed E-state index contributed by atoms with van der Waals surface area (Å²) in [7, 11) is 1.56. The van der Waals surface area contributed by atoms with Crippen molar-refractivity contribution < 1.29 is 19.0 Å². The minimum atomic E-state index is -0.625. The van der Waals surface area contributed by atoms with Crippen LogP contribution in [-0.4, -0.2) is 12.9 Å². The minimum Gasteiger partial charge on any atom is -0.493 e. The summed E-state index contributed by atoms with van der Waals surface area (Å²) < 4.78 is 17.5. The van der Waals surface area contributed by atoms with Crippen molar-refractivity contribution in [3.63, 3.8) is 0 Å².